The maximum Gasteiger partial charge on any atom is 0.416 e. The van der Waals surface area contributed by atoms with E-state index in [1.807, 2.05) is 6.92 Å². The van der Waals surface area contributed by atoms with Crippen LogP contribution in [0, 0.1) is 0 Å². The second-order valence-electron chi connectivity index (χ2n) is 8.60. The number of hydrogen-bond donors (Lipinski definition) is 4. The van der Waals surface area contributed by atoms with Crippen LogP contribution in [0.2, 0.25) is 0 Å². The quantitative estimate of drug-likeness (QED) is 0.214. The van der Waals surface area contributed by atoms with Crippen LogP contribution in [0.5, 0.6) is 0 Å². The number of alkyl halides is 3. The summed E-state index contributed by atoms with van der Waals surface area (Å²) >= 11 is 0. The van der Waals surface area contributed by atoms with Crippen molar-refractivity contribution in [2.24, 2.45) is 0 Å². The van der Waals surface area contributed by atoms with Gasteiger partial charge in [-0.25, -0.2) is 15.3 Å². The minimum atomic E-state index is -4.74. The van der Waals surface area contributed by atoms with Crippen molar-refractivity contribution in [1.82, 2.24) is 20.3 Å². The third-order valence-corrected chi connectivity index (χ3v) is 5.93. The van der Waals surface area contributed by atoms with E-state index >= 15 is 0 Å². The van der Waals surface area contributed by atoms with E-state index in [2.05, 4.69) is 10.3 Å². The molecule has 0 saturated heterocycles. The minimum absolute atomic E-state index is 0.0531. The van der Waals surface area contributed by atoms with Crippen molar-refractivity contribution in [1.29, 1.82) is 0 Å². The summed E-state index contributed by atoms with van der Waals surface area (Å²) in [5, 5.41) is 20.6. The Kier molecular flexibility index (Phi) is 9.24. The highest BCUT2D eigenvalue weighted by Crippen LogP contribution is 2.35. The van der Waals surface area contributed by atoms with Crippen molar-refractivity contribution in [2.75, 3.05) is 0 Å². The normalized spacial score (nSPS) is 12.1. The van der Waals surface area contributed by atoms with Gasteiger partial charge < -0.3 is 15.0 Å². The fourth-order valence-electron chi connectivity index (χ4n) is 4.00. The Bertz CT molecular complexity index is 1290. The van der Waals surface area contributed by atoms with Crippen LogP contribution < -0.4 is 10.8 Å². The van der Waals surface area contributed by atoms with Crippen LogP contribution >= 0.6 is 0 Å². The van der Waals surface area contributed by atoms with Crippen LogP contribution in [0.1, 0.15) is 75.6 Å². The molecule has 0 aliphatic carbocycles. The Morgan fingerprint density at radius 1 is 1.08 bits per heavy atom. The number of hydrogen-bond acceptors (Lipinski definition) is 5. The van der Waals surface area contributed by atoms with Gasteiger partial charge in [-0.3, -0.25) is 14.8 Å². The van der Waals surface area contributed by atoms with Crippen molar-refractivity contribution in [3.63, 3.8) is 0 Å². The summed E-state index contributed by atoms with van der Waals surface area (Å²) in [7, 11) is 0. The first kappa shape index (κ1) is 28.4. The van der Waals surface area contributed by atoms with Crippen molar-refractivity contribution >= 4 is 17.8 Å². The second-order valence-corrected chi connectivity index (χ2v) is 8.60. The Balaban J connectivity index is 1.97. The lowest BCUT2D eigenvalue weighted by atomic mass is 9.97. The van der Waals surface area contributed by atoms with Gasteiger partial charge in [0.1, 0.15) is 11.5 Å². The summed E-state index contributed by atoms with van der Waals surface area (Å²) in [5.41, 5.74) is 0.860. The van der Waals surface area contributed by atoms with E-state index in [1.54, 1.807) is 16.7 Å². The summed E-state index contributed by atoms with van der Waals surface area (Å²) in [4.78, 5) is 40.8. The molecule has 3 rings (SSSR count). The van der Waals surface area contributed by atoms with E-state index < -0.39 is 42.0 Å². The number of halogens is 3. The maximum atomic E-state index is 13.7. The molecule has 1 aromatic heterocycles. The zero-order chi connectivity index (χ0) is 27.9. The number of aromatic carboxylic acids is 1. The number of carboxylic acid groups (broad SMARTS) is 1. The zero-order valence-electron chi connectivity index (χ0n) is 20.5. The van der Waals surface area contributed by atoms with Gasteiger partial charge in [0, 0.05) is 13.0 Å². The molecule has 3 aromatic rings. The fraction of sp³-hybridized carbons (Fsp3) is 0.308. The number of carbonyl (C=O) groups is 3. The molecule has 202 valence electrons. The highest BCUT2D eigenvalue weighted by Gasteiger charge is 2.36. The number of benzene rings is 2. The summed E-state index contributed by atoms with van der Waals surface area (Å²) in [6, 6.07) is 9.20. The van der Waals surface area contributed by atoms with E-state index in [4.69, 9.17) is 10.3 Å². The molecule has 0 fully saturated rings. The van der Waals surface area contributed by atoms with Crippen LogP contribution in [-0.2, 0) is 23.9 Å². The molecule has 0 spiro atoms. The number of nitrogens with zero attached hydrogens (tertiary/aromatic N) is 2. The zero-order valence-corrected chi connectivity index (χ0v) is 20.5. The Morgan fingerprint density at radius 2 is 1.76 bits per heavy atom. The van der Waals surface area contributed by atoms with Gasteiger partial charge in [0.25, 0.3) is 5.91 Å². The summed E-state index contributed by atoms with van der Waals surface area (Å²) in [6.07, 6.45) is -1.92. The number of aromatic nitrogens is 2. The van der Waals surface area contributed by atoms with Gasteiger partial charge in [0.05, 0.1) is 29.8 Å². The number of hydroxylamine groups is 1. The van der Waals surface area contributed by atoms with Crippen LogP contribution in [-0.4, -0.2) is 37.6 Å². The van der Waals surface area contributed by atoms with Gasteiger partial charge in [-0.2, -0.15) is 13.2 Å². The van der Waals surface area contributed by atoms with Crippen LogP contribution in [0.15, 0.2) is 54.7 Å². The molecule has 38 heavy (non-hydrogen) atoms. The lowest BCUT2D eigenvalue weighted by Gasteiger charge is -2.23. The van der Waals surface area contributed by atoms with Crippen molar-refractivity contribution < 1.29 is 37.9 Å². The first-order valence-corrected chi connectivity index (χ1v) is 11.8. The molecule has 1 unspecified atom stereocenters. The van der Waals surface area contributed by atoms with E-state index in [-0.39, 0.29) is 23.4 Å². The third-order valence-electron chi connectivity index (χ3n) is 5.93. The Labute approximate surface area is 216 Å². The molecule has 0 bridgehead atoms. The number of carboxylic acids is 1. The minimum Gasteiger partial charge on any atom is -0.478 e. The molecule has 0 saturated carbocycles. The lowest BCUT2D eigenvalue weighted by molar-refractivity contribution is -0.139. The number of unbranched alkanes of at least 4 members (excludes halogenated alkanes) is 1. The Hall–Kier alpha value is -4.19. The predicted molar refractivity (Wildman–Crippen MR) is 130 cm³/mol. The van der Waals surface area contributed by atoms with Gasteiger partial charge in [0.2, 0.25) is 5.91 Å². The SMILES string of the molecule is CCCCc1ncc(C(=O)NC(CC(=O)NO)c2ccccc2C(F)(F)F)n1Cc1ccc(C(=O)O)cc1. The summed E-state index contributed by atoms with van der Waals surface area (Å²) < 4.78 is 42.7. The van der Waals surface area contributed by atoms with Crippen molar-refractivity contribution in [3.8, 4) is 0 Å². The number of amides is 2. The summed E-state index contributed by atoms with van der Waals surface area (Å²) in [5.74, 6) is -2.27. The van der Waals surface area contributed by atoms with E-state index in [9.17, 15) is 27.6 Å². The Morgan fingerprint density at radius 3 is 2.37 bits per heavy atom. The standard InChI is InChI=1S/C26H27F3N4O5/c1-2-3-8-22-30-14-21(33(22)15-16-9-11-17(12-10-16)25(36)37)24(35)31-20(13-23(34)32-38)18-6-4-5-7-19(18)26(27,28)29/h4-7,9-12,14,20,38H,2-3,8,13,15H2,1H3,(H,31,35)(H,32,34)(H,36,37). The number of imidazole rings is 1. The maximum absolute atomic E-state index is 13.7. The largest absolute Gasteiger partial charge is 0.478 e. The molecular formula is C26H27F3N4O5. The molecule has 4 N–H and O–H groups in total. The van der Waals surface area contributed by atoms with Crippen molar-refractivity contribution in [3.05, 3.63) is 88.5 Å². The van der Waals surface area contributed by atoms with Crippen LogP contribution in [0.4, 0.5) is 13.2 Å². The molecule has 2 amide bonds. The number of rotatable bonds is 11. The number of carbonyl (C=O) groups excluding carboxylic acids is 2. The van der Waals surface area contributed by atoms with Crippen LogP contribution in [0.3, 0.4) is 0 Å². The average molecular weight is 533 g/mol. The first-order valence-electron chi connectivity index (χ1n) is 11.8. The van der Waals surface area contributed by atoms with E-state index in [0.29, 0.717) is 17.8 Å². The smallest absolute Gasteiger partial charge is 0.416 e. The topological polar surface area (TPSA) is 134 Å². The molecule has 2 aromatic carbocycles. The molecule has 0 aliphatic rings. The number of nitrogens with one attached hydrogen (secondary N) is 2. The van der Waals surface area contributed by atoms with Crippen molar-refractivity contribution in [2.45, 2.75) is 51.4 Å². The average Bonchev–Trinajstić information content (AvgIpc) is 3.28. The van der Waals surface area contributed by atoms with Gasteiger partial charge in [-0.05, 0) is 35.7 Å². The molecule has 0 radical (unpaired) electrons. The molecule has 1 atom stereocenters. The molecule has 9 nitrogen and oxygen atoms in total. The monoisotopic (exact) mass is 532 g/mol. The van der Waals surface area contributed by atoms with E-state index in [1.165, 1.54) is 35.9 Å². The highest BCUT2D eigenvalue weighted by molar-refractivity contribution is 5.93. The van der Waals surface area contributed by atoms with Gasteiger partial charge in [0.15, 0.2) is 0 Å². The number of aryl methyl sites for hydroxylation is 1. The highest BCUT2D eigenvalue weighted by atomic mass is 19.4. The summed E-state index contributed by atoms with van der Waals surface area (Å²) in [6.45, 7) is 2.14. The molecular weight excluding hydrogens is 505 g/mol. The van der Waals surface area contributed by atoms with Gasteiger partial charge >= 0.3 is 12.1 Å². The molecule has 1 heterocycles. The predicted octanol–water partition coefficient (Wildman–Crippen LogP) is 4.36. The third kappa shape index (κ3) is 6.97. The van der Waals surface area contributed by atoms with Crippen LogP contribution in [0.25, 0.3) is 0 Å². The van der Waals surface area contributed by atoms with E-state index in [0.717, 1.165) is 25.0 Å². The molecule has 0 aliphatic heterocycles. The van der Waals surface area contributed by atoms with Gasteiger partial charge in [-0.1, -0.05) is 43.7 Å². The van der Waals surface area contributed by atoms with Gasteiger partial charge in [-0.15, -0.1) is 0 Å². The fourth-order valence-corrected chi connectivity index (χ4v) is 4.00. The molecule has 12 heteroatoms. The second kappa shape index (κ2) is 12.4. The lowest BCUT2D eigenvalue weighted by Crippen LogP contribution is -2.35. The first-order chi connectivity index (χ1) is 18.0.